The number of nitrogens with one attached hydrogen (secondary N) is 2. The topological polar surface area (TPSA) is 67.1 Å². The maximum atomic E-state index is 4.85. The number of nitrogens with zero attached hydrogens (tertiary/aromatic N) is 4. The molecule has 6 heteroatoms. The second kappa shape index (κ2) is 13.0. The molecule has 0 unspecified atom stereocenters. The minimum absolute atomic E-state index is 0. The average Bonchev–Trinajstić information content (AvgIpc) is 3.17. The van der Waals surface area contributed by atoms with Gasteiger partial charge < -0.3 is 10.6 Å². The molecule has 32 heavy (non-hydrogen) atoms. The molecule has 0 fully saturated rings. The quantitative estimate of drug-likeness (QED) is 0.302. The summed E-state index contributed by atoms with van der Waals surface area (Å²) in [5.41, 5.74) is 5.33. The van der Waals surface area contributed by atoms with Crippen LogP contribution in [0.5, 0.6) is 0 Å². The summed E-state index contributed by atoms with van der Waals surface area (Å²) in [6, 6.07) is 6.55. The lowest BCUT2D eigenvalue weighted by atomic mass is 10.1. The van der Waals surface area contributed by atoms with Crippen LogP contribution < -0.4 is 10.6 Å². The highest BCUT2D eigenvalue weighted by molar-refractivity contribution is 5.83. The van der Waals surface area contributed by atoms with Gasteiger partial charge in [-0.25, -0.2) is 4.98 Å². The molecule has 0 atom stereocenters. The Morgan fingerprint density at radius 2 is 1.88 bits per heavy atom. The molecule has 0 spiro atoms. The van der Waals surface area contributed by atoms with Crippen molar-refractivity contribution in [2.45, 2.75) is 80.1 Å². The molecule has 6 nitrogen and oxygen atoms in total. The van der Waals surface area contributed by atoms with Crippen LogP contribution >= 0.6 is 0 Å². The van der Waals surface area contributed by atoms with Crippen LogP contribution in [-0.2, 0) is 6.42 Å². The normalized spacial score (nSPS) is 11.0. The highest BCUT2D eigenvalue weighted by atomic mass is 15.3. The van der Waals surface area contributed by atoms with Gasteiger partial charge in [0, 0.05) is 21.6 Å². The first-order valence-corrected chi connectivity index (χ1v) is 12.3. The fraction of sp³-hybridized carbons (Fsp3) is 0.577. The Kier molecular flexibility index (Phi) is 10.4. The number of aromatic nitrogens is 4. The fourth-order valence-electron chi connectivity index (χ4n) is 3.76. The molecule has 0 bridgehead atoms. The molecule has 0 saturated carbocycles. The number of benzene rings is 1. The predicted octanol–water partition coefficient (Wildman–Crippen LogP) is 6.79. The summed E-state index contributed by atoms with van der Waals surface area (Å²) in [4.78, 5) is 4.85. The van der Waals surface area contributed by atoms with Gasteiger partial charge in [0.25, 0.3) is 0 Å². The van der Waals surface area contributed by atoms with Gasteiger partial charge in [-0.1, -0.05) is 53.7 Å². The lowest BCUT2D eigenvalue weighted by Crippen LogP contribution is -2.16. The van der Waals surface area contributed by atoms with Crippen molar-refractivity contribution in [3.8, 4) is 0 Å². The molecule has 0 aliphatic carbocycles. The van der Waals surface area contributed by atoms with Crippen molar-refractivity contribution in [1.29, 1.82) is 0 Å². The van der Waals surface area contributed by atoms with Gasteiger partial charge in [-0.2, -0.15) is 0 Å². The van der Waals surface area contributed by atoms with Crippen LogP contribution in [0, 0.1) is 12.8 Å². The van der Waals surface area contributed by atoms with E-state index in [2.05, 4.69) is 70.8 Å². The Labute approximate surface area is 196 Å². The van der Waals surface area contributed by atoms with Crippen molar-refractivity contribution >= 4 is 22.5 Å². The fourth-order valence-corrected chi connectivity index (χ4v) is 3.76. The van der Waals surface area contributed by atoms with Crippen LogP contribution in [-0.4, -0.2) is 32.7 Å². The van der Waals surface area contributed by atoms with Crippen LogP contribution in [0.3, 0.4) is 0 Å². The van der Waals surface area contributed by atoms with E-state index < -0.39 is 0 Å². The van der Waals surface area contributed by atoms with Crippen LogP contribution in [0.1, 0.15) is 81.0 Å². The van der Waals surface area contributed by atoms with E-state index in [1.54, 1.807) is 0 Å². The molecule has 2 heterocycles. The summed E-state index contributed by atoms with van der Waals surface area (Å²) >= 11 is 0. The molecule has 3 rings (SSSR count). The Bertz CT molecular complexity index is 1000. The third kappa shape index (κ3) is 6.94. The number of fused-ring (bicyclic) bond motifs is 3. The zero-order chi connectivity index (χ0) is 23.5. The number of hydrogen-bond donors (Lipinski definition) is 2. The van der Waals surface area contributed by atoms with Crippen LogP contribution in [0.25, 0.3) is 16.7 Å². The number of anilines is 1. The Morgan fingerprint density at radius 3 is 2.59 bits per heavy atom. The number of rotatable bonds is 12. The summed E-state index contributed by atoms with van der Waals surface area (Å²) in [5.74, 6) is 2.34. The van der Waals surface area contributed by atoms with Crippen LogP contribution in [0.4, 0.5) is 5.82 Å². The summed E-state index contributed by atoms with van der Waals surface area (Å²) in [7, 11) is 0. The van der Waals surface area contributed by atoms with Gasteiger partial charge in [-0.05, 0) is 62.6 Å². The van der Waals surface area contributed by atoms with E-state index in [4.69, 9.17) is 4.98 Å². The Morgan fingerprint density at radius 1 is 1.12 bits per heavy atom. The molecule has 2 N–H and O–H groups in total. The highest BCUT2D eigenvalue weighted by Gasteiger charge is 2.13. The third-order valence-electron chi connectivity index (χ3n) is 5.29. The van der Waals surface area contributed by atoms with Crippen molar-refractivity contribution in [3.05, 3.63) is 41.9 Å². The van der Waals surface area contributed by atoms with Crippen molar-refractivity contribution in [2.24, 2.45) is 5.92 Å². The minimum atomic E-state index is 0. The molecule has 3 aromatic rings. The number of unbranched alkanes of at least 4 members (excludes halogenated alkanes) is 2. The summed E-state index contributed by atoms with van der Waals surface area (Å²) in [5, 5.41) is 15.6. The van der Waals surface area contributed by atoms with E-state index in [0.29, 0.717) is 5.92 Å². The summed E-state index contributed by atoms with van der Waals surface area (Å²) in [6.45, 7) is 18.6. The molecule has 1 aromatic carbocycles. The van der Waals surface area contributed by atoms with Crippen LogP contribution in [0.2, 0.25) is 0 Å². The largest absolute Gasteiger partial charge is 0.389 e. The first kappa shape index (κ1) is 25.6. The maximum absolute atomic E-state index is 4.85. The van der Waals surface area contributed by atoms with Gasteiger partial charge in [-0.15, -0.1) is 10.2 Å². The van der Waals surface area contributed by atoms with Gasteiger partial charge in [-0.3, -0.25) is 4.40 Å². The van der Waals surface area contributed by atoms with E-state index in [1.165, 1.54) is 18.4 Å². The van der Waals surface area contributed by atoms with Crippen molar-refractivity contribution in [1.82, 2.24) is 24.9 Å². The minimum Gasteiger partial charge on any atom is -0.389 e. The zero-order valence-electron chi connectivity index (χ0n) is 21.0. The summed E-state index contributed by atoms with van der Waals surface area (Å²) in [6.07, 6.45) is 6.65. The molecule has 0 aliphatic rings. The second-order valence-corrected chi connectivity index (χ2v) is 8.56. The lowest BCUT2D eigenvalue weighted by Gasteiger charge is -2.12. The molecular weight excluding hydrogens is 396 g/mol. The third-order valence-corrected chi connectivity index (χ3v) is 5.29. The highest BCUT2D eigenvalue weighted by Crippen LogP contribution is 2.23. The second-order valence-electron chi connectivity index (χ2n) is 8.56. The lowest BCUT2D eigenvalue weighted by molar-refractivity contribution is 0.591. The molecular formula is C26H46N6. The number of aryl methyl sites for hydroxylation is 2. The first-order chi connectivity index (χ1) is 15.5. The van der Waals surface area contributed by atoms with Gasteiger partial charge in [0.05, 0.1) is 11.0 Å². The first-order valence-electron chi connectivity index (χ1n) is 12.3. The molecule has 0 saturated heterocycles. The van der Waals surface area contributed by atoms with Gasteiger partial charge in [0.2, 0.25) is 5.65 Å². The molecule has 180 valence electrons. The Hall–Kier alpha value is -2.63. The van der Waals surface area contributed by atoms with E-state index in [9.17, 15) is 0 Å². The van der Waals surface area contributed by atoms with Gasteiger partial charge >= 0.3 is 0 Å². The molecule has 2 aromatic heterocycles. The SMILES string of the molecule is C=C(CC(C)C)NCCCCNc1nc2ccc(CCCC)cc2n2c(C)nnc12.CC.[HH].[HH]. The number of hydrogen-bond acceptors (Lipinski definition) is 5. The maximum Gasteiger partial charge on any atom is 0.204 e. The standard InChI is InChI=1S/C24H36N6.C2H6.2H2/c1-6-7-10-20-11-12-21-22(16-20)30-19(5)28-29-24(30)23(27-21)26-14-9-8-13-25-18(4)15-17(2)3;1-2;;/h11-12,16-17,25H,4,6-10,13-15H2,1-3,5H3,(H,26,27);1-2H3;2*1H. The van der Waals surface area contributed by atoms with E-state index in [1.807, 2.05) is 20.8 Å². The zero-order valence-corrected chi connectivity index (χ0v) is 21.0. The smallest absolute Gasteiger partial charge is 0.204 e. The molecule has 0 radical (unpaired) electrons. The van der Waals surface area contributed by atoms with Crippen molar-refractivity contribution in [3.63, 3.8) is 0 Å². The van der Waals surface area contributed by atoms with Crippen molar-refractivity contribution < 1.29 is 2.85 Å². The van der Waals surface area contributed by atoms with E-state index >= 15 is 0 Å². The van der Waals surface area contributed by atoms with Crippen LogP contribution in [0.15, 0.2) is 30.5 Å². The van der Waals surface area contributed by atoms with Gasteiger partial charge in [0.1, 0.15) is 5.82 Å². The predicted molar refractivity (Wildman–Crippen MR) is 142 cm³/mol. The molecule has 0 amide bonds. The van der Waals surface area contributed by atoms with Gasteiger partial charge in [0.15, 0.2) is 5.82 Å². The molecule has 0 aliphatic heterocycles. The van der Waals surface area contributed by atoms with Crippen molar-refractivity contribution in [2.75, 3.05) is 18.4 Å². The van der Waals surface area contributed by atoms with E-state index in [0.717, 1.165) is 72.8 Å². The summed E-state index contributed by atoms with van der Waals surface area (Å²) < 4.78 is 2.12. The Balaban J connectivity index is 0.00000265. The number of allylic oxidation sites excluding steroid dienone is 1. The van der Waals surface area contributed by atoms with E-state index in [-0.39, 0.29) is 2.85 Å². The monoisotopic (exact) mass is 442 g/mol. The average molecular weight is 443 g/mol.